The Morgan fingerprint density at radius 3 is 2.39 bits per heavy atom. The minimum atomic E-state index is -0.174. The summed E-state index contributed by atoms with van der Waals surface area (Å²) in [6.07, 6.45) is 2.40. The Kier molecular flexibility index (Phi) is 7.23. The van der Waals surface area contributed by atoms with Gasteiger partial charge in [-0.25, -0.2) is 0 Å². The van der Waals surface area contributed by atoms with Crippen molar-refractivity contribution in [3.63, 3.8) is 0 Å². The number of nitrogens with zero attached hydrogens (tertiary/aromatic N) is 1. The SMILES string of the molecule is CN=C(NCCNC(=O)c1ccccc1Cl)NCC1(Sc2ccccc2)CC1. The summed E-state index contributed by atoms with van der Waals surface area (Å²) in [5.74, 6) is 0.568. The summed E-state index contributed by atoms with van der Waals surface area (Å²) in [6, 6.07) is 17.5. The molecule has 1 aliphatic carbocycles. The lowest BCUT2D eigenvalue weighted by Crippen LogP contribution is -2.44. The van der Waals surface area contributed by atoms with Gasteiger partial charge >= 0.3 is 0 Å². The van der Waals surface area contributed by atoms with E-state index in [0.29, 0.717) is 23.7 Å². The van der Waals surface area contributed by atoms with Crippen molar-refractivity contribution in [3.8, 4) is 0 Å². The Morgan fingerprint density at radius 1 is 1.04 bits per heavy atom. The van der Waals surface area contributed by atoms with E-state index in [2.05, 4.69) is 45.2 Å². The highest BCUT2D eigenvalue weighted by atomic mass is 35.5. The summed E-state index contributed by atoms with van der Waals surface area (Å²) in [7, 11) is 1.75. The maximum Gasteiger partial charge on any atom is 0.252 e. The van der Waals surface area contributed by atoms with Crippen LogP contribution in [-0.2, 0) is 0 Å². The zero-order valence-electron chi connectivity index (χ0n) is 15.9. The number of thioether (sulfide) groups is 1. The van der Waals surface area contributed by atoms with E-state index in [4.69, 9.17) is 11.6 Å². The van der Waals surface area contributed by atoms with Crippen LogP contribution in [0, 0.1) is 0 Å². The Balaban J connectivity index is 1.38. The number of halogens is 1. The van der Waals surface area contributed by atoms with Crippen LogP contribution in [0.15, 0.2) is 64.5 Å². The van der Waals surface area contributed by atoms with Crippen molar-refractivity contribution in [1.82, 2.24) is 16.0 Å². The van der Waals surface area contributed by atoms with Gasteiger partial charge in [-0.1, -0.05) is 41.9 Å². The second kappa shape index (κ2) is 9.85. The first kappa shape index (κ1) is 20.6. The minimum Gasteiger partial charge on any atom is -0.355 e. The molecule has 0 spiro atoms. The van der Waals surface area contributed by atoms with Gasteiger partial charge in [-0.15, -0.1) is 11.8 Å². The van der Waals surface area contributed by atoms with Gasteiger partial charge in [-0.3, -0.25) is 9.79 Å². The molecule has 3 N–H and O–H groups in total. The third-order valence-corrected chi connectivity index (χ3v) is 6.33. The number of rotatable bonds is 8. The molecule has 2 aromatic carbocycles. The number of nitrogens with one attached hydrogen (secondary N) is 3. The molecule has 7 heteroatoms. The first-order valence-corrected chi connectivity index (χ1v) is 10.5. The molecule has 0 aliphatic heterocycles. The topological polar surface area (TPSA) is 65.5 Å². The fourth-order valence-corrected chi connectivity index (χ4v) is 4.22. The average molecular weight is 417 g/mol. The lowest BCUT2D eigenvalue weighted by Gasteiger charge is -2.18. The smallest absolute Gasteiger partial charge is 0.252 e. The summed E-state index contributed by atoms with van der Waals surface area (Å²) >= 11 is 7.97. The molecule has 1 amide bonds. The van der Waals surface area contributed by atoms with Crippen LogP contribution in [-0.4, -0.2) is 43.3 Å². The molecule has 1 saturated carbocycles. The van der Waals surface area contributed by atoms with Gasteiger partial charge in [0.05, 0.1) is 10.6 Å². The first-order chi connectivity index (χ1) is 13.6. The summed E-state index contributed by atoms with van der Waals surface area (Å²) < 4.78 is 0.247. The largest absolute Gasteiger partial charge is 0.355 e. The van der Waals surface area contributed by atoms with Crippen molar-refractivity contribution >= 4 is 35.2 Å². The van der Waals surface area contributed by atoms with Crippen LogP contribution in [0.5, 0.6) is 0 Å². The fraction of sp³-hybridized carbons (Fsp3) is 0.333. The first-order valence-electron chi connectivity index (χ1n) is 9.33. The summed E-state index contributed by atoms with van der Waals surface area (Å²) in [4.78, 5) is 17.7. The normalized spacial score (nSPS) is 15.0. The Labute approximate surface area is 175 Å². The van der Waals surface area contributed by atoms with Crippen LogP contribution in [0.4, 0.5) is 0 Å². The molecular formula is C21H25ClN4OS. The van der Waals surface area contributed by atoms with E-state index in [0.717, 1.165) is 12.5 Å². The molecule has 0 bridgehead atoms. The standard InChI is InChI=1S/C21H25ClN4OS/c1-23-20(25-14-13-24-19(27)17-9-5-6-10-18(17)22)26-15-21(11-12-21)28-16-7-3-2-4-8-16/h2-10H,11-15H2,1H3,(H,24,27)(H2,23,25,26). The van der Waals surface area contributed by atoms with Gasteiger partial charge in [-0.05, 0) is 37.1 Å². The molecule has 3 rings (SSSR count). The van der Waals surface area contributed by atoms with Crippen molar-refractivity contribution in [3.05, 3.63) is 65.2 Å². The number of aliphatic imine (C=N–C) groups is 1. The molecule has 5 nitrogen and oxygen atoms in total. The van der Waals surface area contributed by atoms with E-state index in [1.54, 1.807) is 31.3 Å². The molecule has 1 fully saturated rings. The number of amides is 1. The van der Waals surface area contributed by atoms with E-state index in [9.17, 15) is 4.79 Å². The second-order valence-electron chi connectivity index (χ2n) is 6.69. The second-order valence-corrected chi connectivity index (χ2v) is 8.64. The number of carbonyl (C=O) groups excluding carboxylic acids is 1. The summed E-state index contributed by atoms with van der Waals surface area (Å²) in [5, 5.41) is 9.96. The van der Waals surface area contributed by atoms with Crippen molar-refractivity contribution in [2.24, 2.45) is 4.99 Å². The lowest BCUT2D eigenvalue weighted by atomic mass is 10.2. The molecule has 0 radical (unpaired) electrons. The maximum absolute atomic E-state index is 12.1. The Bertz CT molecular complexity index is 824. The molecule has 1 aliphatic rings. The quantitative estimate of drug-likeness (QED) is 0.349. The van der Waals surface area contributed by atoms with E-state index < -0.39 is 0 Å². The molecule has 2 aromatic rings. The predicted octanol–water partition coefficient (Wildman–Crippen LogP) is 3.56. The van der Waals surface area contributed by atoms with Crippen molar-refractivity contribution in [1.29, 1.82) is 0 Å². The molecule has 0 atom stereocenters. The zero-order chi connectivity index (χ0) is 19.8. The van der Waals surface area contributed by atoms with Gasteiger partial charge in [-0.2, -0.15) is 0 Å². The predicted molar refractivity (Wildman–Crippen MR) is 117 cm³/mol. The van der Waals surface area contributed by atoms with Gasteiger partial charge in [0, 0.05) is 36.3 Å². The number of carbonyl (C=O) groups is 1. The average Bonchev–Trinajstić information content (AvgIpc) is 3.48. The van der Waals surface area contributed by atoms with Crippen molar-refractivity contribution < 1.29 is 4.79 Å². The van der Waals surface area contributed by atoms with Crippen LogP contribution in [0.1, 0.15) is 23.2 Å². The highest BCUT2D eigenvalue weighted by Crippen LogP contribution is 2.51. The van der Waals surface area contributed by atoms with E-state index in [1.807, 2.05) is 17.8 Å². The van der Waals surface area contributed by atoms with Gasteiger partial charge < -0.3 is 16.0 Å². The third-order valence-electron chi connectivity index (χ3n) is 4.51. The third kappa shape index (κ3) is 5.91. The number of hydrogen-bond acceptors (Lipinski definition) is 3. The molecular weight excluding hydrogens is 392 g/mol. The zero-order valence-corrected chi connectivity index (χ0v) is 17.4. The summed E-state index contributed by atoms with van der Waals surface area (Å²) in [5.41, 5.74) is 0.486. The van der Waals surface area contributed by atoms with Crippen LogP contribution in [0.3, 0.4) is 0 Å². The lowest BCUT2D eigenvalue weighted by molar-refractivity contribution is 0.0954. The number of benzene rings is 2. The fourth-order valence-electron chi connectivity index (χ4n) is 2.76. The summed E-state index contributed by atoms with van der Waals surface area (Å²) in [6.45, 7) is 1.92. The van der Waals surface area contributed by atoms with Gasteiger partial charge in [0.15, 0.2) is 5.96 Å². The van der Waals surface area contributed by atoms with E-state index in [-0.39, 0.29) is 10.7 Å². The Morgan fingerprint density at radius 2 is 1.71 bits per heavy atom. The maximum atomic E-state index is 12.1. The molecule has 0 unspecified atom stereocenters. The van der Waals surface area contributed by atoms with E-state index >= 15 is 0 Å². The van der Waals surface area contributed by atoms with Crippen LogP contribution in [0.2, 0.25) is 5.02 Å². The van der Waals surface area contributed by atoms with Gasteiger partial charge in [0.25, 0.3) is 5.91 Å². The Hall–Kier alpha value is -2.18. The molecule has 0 aromatic heterocycles. The highest BCUT2D eigenvalue weighted by molar-refractivity contribution is 8.01. The monoisotopic (exact) mass is 416 g/mol. The van der Waals surface area contributed by atoms with Crippen LogP contribution >= 0.6 is 23.4 Å². The molecule has 0 heterocycles. The van der Waals surface area contributed by atoms with Crippen LogP contribution in [0.25, 0.3) is 0 Å². The molecule has 28 heavy (non-hydrogen) atoms. The van der Waals surface area contributed by atoms with Crippen molar-refractivity contribution in [2.75, 3.05) is 26.7 Å². The minimum absolute atomic E-state index is 0.174. The van der Waals surface area contributed by atoms with Gasteiger partial charge in [0.2, 0.25) is 0 Å². The van der Waals surface area contributed by atoms with Crippen LogP contribution < -0.4 is 16.0 Å². The number of guanidine groups is 1. The molecule has 148 valence electrons. The number of hydrogen-bond donors (Lipinski definition) is 3. The van der Waals surface area contributed by atoms with Gasteiger partial charge in [0.1, 0.15) is 0 Å². The van der Waals surface area contributed by atoms with E-state index in [1.165, 1.54) is 17.7 Å². The highest BCUT2D eigenvalue weighted by Gasteiger charge is 2.43. The molecule has 0 saturated heterocycles. The van der Waals surface area contributed by atoms with Crippen molar-refractivity contribution in [2.45, 2.75) is 22.5 Å².